The van der Waals surface area contributed by atoms with Gasteiger partial charge in [-0.1, -0.05) is 12.1 Å². The maximum absolute atomic E-state index is 12.1. The summed E-state index contributed by atoms with van der Waals surface area (Å²) in [6, 6.07) is 13.3. The Morgan fingerprint density at radius 3 is 2.81 bits per heavy atom. The van der Waals surface area contributed by atoms with E-state index in [0.717, 1.165) is 41.3 Å². The first-order valence-electron chi connectivity index (χ1n) is 6.93. The number of benzene rings is 2. The molecule has 0 radical (unpaired) electrons. The number of methoxy groups -OCH3 is 1. The summed E-state index contributed by atoms with van der Waals surface area (Å²) in [7, 11) is 1.62. The minimum absolute atomic E-state index is 0.0287. The number of rotatable bonds is 4. The molecule has 1 N–H and O–H groups in total. The number of nitrogens with one attached hydrogen (secondary N) is 1. The van der Waals surface area contributed by atoms with Crippen molar-refractivity contribution in [1.29, 1.82) is 0 Å². The second-order valence-corrected chi connectivity index (χ2v) is 4.99. The van der Waals surface area contributed by atoms with Crippen LogP contribution in [0.15, 0.2) is 42.5 Å². The maximum atomic E-state index is 12.1. The van der Waals surface area contributed by atoms with Gasteiger partial charge in [0, 0.05) is 12.1 Å². The van der Waals surface area contributed by atoms with Crippen LogP contribution in [0, 0.1) is 0 Å². The van der Waals surface area contributed by atoms with E-state index in [1.807, 2.05) is 42.5 Å². The molecule has 3 rings (SSSR count). The fourth-order valence-corrected chi connectivity index (χ4v) is 2.40. The van der Waals surface area contributed by atoms with Gasteiger partial charge in [0.15, 0.2) is 0 Å². The van der Waals surface area contributed by atoms with Gasteiger partial charge in [-0.15, -0.1) is 0 Å². The summed E-state index contributed by atoms with van der Waals surface area (Å²) >= 11 is 0. The molecule has 2 aromatic rings. The average Bonchev–Trinajstić information content (AvgIpc) is 2.95. The number of fused-ring (bicyclic) bond motifs is 1. The fraction of sp³-hybridized carbons (Fsp3) is 0.235. The predicted molar refractivity (Wildman–Crippen MR) is 81.0 cm³/mol. The van der Waals surface area contributed by atoms with Gasteiger partial charge in [-0.2, -0.15) is 0 Å². The zero-order valence-electron chi connectivity index (χ0n) is 11.9. The molecule has 0 aliphatic carbocycles. The van der Waals surface area contributed by atoms with E-state index in [1.54, 1.807) is 7.11 Å². The highest BCUT2D eigenvalue weighted by molar-refractivity contribution is 5.92. The van der Waals surface area contributed by atoms with E-state index in [9.17, 15) is 4.79 Å². The summed E-state index contributed by atoms with van der Waals surface area (Å²) in [5.41, 5.74) is 2.92. The molecule has 0 fully saturated rings. The third-order valence-electron chi connectivity index (χ3n) is 3.50. The Kier molecular flexibility index (Phi) is 3.77. The smallest absolute Gasteiger partial charge is 0.228 e. The summed E-state index contributed by atoms with van der Waals surface area (Å²) in [5, 5.41) is 2.92. The van der Waals surface area contributed by atoms with Crippen LogP contribution in [-0.2, 0) is 17.6 Å². The van der Waals surface area contributed by atoms with Crippen molar-refractivity contribution in [2.45, 2.75) is 12.8 Å². The molecule has 1 heterocycles. The molecule has 1 aliphatic heterocycles. The highest BCUT2D eigenvalue weighted by Gasteiger charge is 2.13. The van der Waals surface area contributed by atoms with Crippen molar-refractivity contribution in [3.05, 3.63) is 53.6 Å². The third-order valence-corrected chi connectivity index (χ3v) is 3.50. The van der Waals surface area contributed by atoms with Crippen molar-refractivity contribution in [2.24, 2.45) is 0 Å². The van der Waals surface area contributed by atoms with Crippen molar-refractivity contribution in [3.8, 4) is 11.5 Å². The number of carbonyl (C=O) groups excluding carboxylic acids is 1. The van der Waals surface area contributed by atoms with Crippen LogP contribution in [0.2, 0.25) is 0 Å². The number of hydrogen-bond acceptors (Lipinski definition) is 3. The quantitative estimate of drug-likeness (QED) is 0.938. The highest BCUT2D eigenvalue weighted by atomic mass is 16.5. The zero-order chi connectivity index (χ0) is 14.7. The van der Waals surface area contributed by atoms with Crippen LogP contribution in [0.3, 0.4) is 0 Å². The van der Waals surface area contributed by atoms with E-state index in [2.05, 4.69) is 5.32 Å². The van der Waals surface area contributed by atoms with E-state index >= 15 is 0 Å². The molecule has 108 valence electrons. The lowest BCUT2D eigenvalue weighted by Crippen LogP contribution is -2.14. The number of hydrogen-bond donors (Lipinski definition) is 1. The van der Waals surface area contributed by atoms with Crippen LogP contribution in [0.4, 0.5) is 5.69 Å². The van der Waals surface area contributed by atoms with E-state index in [0.29, 0.717) is 6.42 Å². The Hall–Kier alpha value is -2.49. The van der Waals surface area contributed by atoms with Crippen LogP contribution >= 0.6 is 0 Å². The normalized spacial score (nSPS) is 12.4. The molecule has 0 unspecified atom stereocenters. The van der Waals surface area contributed by atoms with E-state index in [-0.39, 0.29) is 5.91 Å². The van der Waals surface area contributed by atoms with Crippen molar-refractivity contribution in [1.82, 2.24) is 0 Å². The lowest BCUT2D eigenvalue weighted by Gasteiger charge is -2.07. The number of amides is 1. The molecular weight excluding hydrogens is 266 g/mol. The molecule has 2 aromatic carbocycles. The minimum atomic E-state index is -0.0287. The maximum Gasteiger partial charge on any atom is 0.228 e. The summed E-state index contributed by atoms with van der Waals surface area (Å²) in [6.45, 7) is 0.721. The molecule has 0 atom stereocenters. The third kappa shape index (κ3) is 3.16. The number of ether oxygens (including phenoxy) is 2. The van der Waals surface area contributed by atoms with Crippen molar-refractivity contribution in [2.75, 3.05) is 19.0 Å². The van der Waals surface area contributed by atoms with Gasteiger partial charge in [-0.25, -0.2) is 0 Å². The molecule has 4 nitrogen and oxygen atoms in total. The minimum Gasteiger partial charge on any atom is -0.497 e. The number of carbonyl (C=O) groups is 1. The SMILES string of the molecule is COc1ccc(CC(=O)Nc2ccc3c(c2)CCO3)cc1. The first kappa shape index (κ1) is 13.5. The molecule has 0 saturated heterocycles. The largest absolute Gasteiger partial charge is 0.497 e. The van der Waals surface area contributed by atoms with Crippen LogP contribution in [0.1, 0.15) is 11.1 Å². The van der Waals surface area contributed by atoms with Crippen molar-refractivity contribution in [3.63, 3.8) is 0 Å². The Bertz CT molecular complexity index is 650. The zero-order valence-corrected chi connectivity index (χ0v) is 11.9. The first-order valence-corrected chi connectivity index (χ1v) is 6.93. The van der Waals surface area contributed by atoms with Gasteiger partial charge in [-0.05, 0) is 41.5 Å². The summed E-state index contributed by atoms with van der Waals surface area (Å²) < 4.78 is 10.6. The first-order chi connectivity index (χ1) is 10.2. The van der Waals surface area contributed by atoms with Crippen LogP contribution in [0.5, 0.6) is 11.5 Å². The number of anilines is 1. The fourth-order valence-electron chi connectivity index (χ4n) is 2.40. The van der Waals surface area contributed by atoms with Crippen LogP contribution < -0.4 is 14.8 Å². The Balaban J connectivity index is 1.63. The second-order valence-electron chi connectivity index (χ2n) is 4.99. The van der Waals surface area contributed by atoms with E-state index in [4.69, 9.17) is 9.47 Å². The highest BCUT2D eigenvalue weighted by Crippen LogP contribution is 2.27. The molecule has 21 heavy (non-hydrogen) atoms. The second kappa shape index (κ2) is 5.87. The Morgan fingerprint density at radius 1 is 1.24 bits per heavy atom. The lowest BCUT2D eigenvalue weighted by molar-refractivity contribution is -0.115. The van der Waals surface area contributed by atoms with Crippen molar-refractivity contribution >= 4 is 11.6 Å². The van der Waals surface area contributed by atoms with Crippen molar-refractivity contribution < 1.29 is 14.3 Å². The molecule has 4 heteroatoms. The molecule has 0 saturated carbocycles. The molecule has 0 spiro atoms. The standard InChI is InChI=1S/C17H17NO3/c1-20-15-5-2-12(3-6-15)10-17(19)18-14-4-7-16-13(11-14)8-9-21-16/h2-7,11H,8-10H2,1H3,(H,18,19). The summed E-state index contributed by atoms with van der Waals surface area (Å²) in [5.74, 6) is 1.68. The van der Waals surface area contributed by atoms with E-state index in [1.165, 1.54) is 0 Å². The molecule has 1 aliphatic rings. The average molecular weight is 283 g/mol. The molecular formula is C17H17NO3. The van der Waals surface area contributed by atoms with Gasteiger partial charge in [0.2, 0.25) is 5.91 Å². The van der Waals surface area contributed by atoms with Gasteiger partial charge >= 0.3 is 0 Å². The van der Waals surface area contributed by atoms with Gasteiger partial charge in [0.05, 0.1) is 20.1 Å². The predicted octanol–water partition coefficient (Wildman–Crippen LogP) is 2.81. The van der Waals surface area contributed by atoms with Crippen LogP contribution in [0.25, 0.3) is 0 Å². The van der Waals surface area contributed by atoms with Gasteiger partial charge in [0.25, 0.3) is 0 Å². The monoisotopic (exact) mass is 283 g/mol. The van der Waals surface area contributed by atoms with Gasteiger partial charge in [0.1, 0.15) is 11.5 Å². The Labute approximate surface area is 123 Å². The summed E-state index contributed by atoms with van der Waals surface area (Å²) in [6.07, 6.45) is 1.25. The van der Waals surface area contributed by atoms with Crippen LogP contribution in [-0.4, -0.2) is 19.6 Å². The van der Waals surface area contributed by atoms with E-state index < -0.39 is 0 Å². The molecule has 0 aromatic heterocycles. The topological polar surface area (TPSA) is 47.6 Å². The molecule has 1 amide bonds. The van der Waals surface area contributed by atoms with Gasteiger partial charge in [-0.3, -0.25) is 4.79 Å². The Morgan fingerprint density at radius 2 is 2.05 bits per heavy atom. The summed E-state index contributed by atoms with van der Waals surface area (Å²) in [4.78, 5) is 12.1. The lowest BCUT2D eigenvalue weighted by atomic mass is 10.1. The molecule has 0 bridgehead atoms. The van der Waals surface area contributed by atoms with Gasteiger partial charge < -0.3 is 14.8 Å².